The van der Waals surface area contributed by atoms with Crippen molar-refractivity contribution in [1.82, 2.24) is 4.90 Å². The Balaban J connectivity index is 1.57. The zero-order valence-electron chi connectivity index (χ0n) is 20.6. The van der Waals surface area contributed by atoms with E-state index in [9.17, 15) is 19.5 Å². The van der Waals surface area contributed by atoms with Crippen molar-refractivity contribution in [2.24, 2.45) is 0 Å². The maximum absolute atomic E-state index is 13.4. The lowest BCUT2D eigenvalue weighted by atomic mass is 9.71. The van der Waals surface area contributed by atoms with Gasteiger partial charge in [0, 0.05) is 58.4 Å². The summed E-state index contributed by atoms with van der Waals surface area (Å²) in [6, 6.07) is 11.3. The maximum Gasteiger partial charge on any atom is 0.305 e. The molecule has 1 N–H and O–H groups in total. The zero-order valence-corrected chi connectivity index (χ0v) is 24.5. The molecule has 0 unspecified atom stereocenters. The Morgan fingerprint density at radius 3 is 2.11 bits per heavy atom. The van der Waals surface area contributed by atoms with E-state index in [-0.39, 0.29) is 31.1 Å². The predicted octanol–water partition coefficient (Wildman–Crippen LogP) is 7.33. The number of nitrogens with zero attached hydrogens (tertiary/aromatic N) is 1. The molecule has 0 bridgehead atoms. The Labute approximate surface area is 242 Å². The lowest BCUT2D eigenvalue weighted by Crippen LogP contribution is -2.39. The molecular formula is C29H26Br2ClNO5. The van der Waals surface area contributed by atoms with Crippen molar-refractivity contribution in [3.63, 3.8) is 0 Å². The molecule has 198 valence electrons. The molecular weight excluding hydrogens is 638 g/mol. The zero-order chi connectivity index (χ0) is 27.0. The van der Waals surface area contributed by atoms with Gasteiger partial charge in [-0.1, -0.05) is 29.8 Å². The van der Waals surface area contributed by atoms with Gasteiger partial charge in [0.05, 0.1) is 15.4 Å². The van der Waals surface area contributed by atoms with E-state index in [1.807, 2.05) is 41.3 Å². The van der Waals surface area contributed by atoms with Gasteiger partial charge in [-0.2, -0.15) is 0 Å². The first-order valence-corrected chi connectivity index (χ1v) is 14.6. The Bertz CT molecular complexity index is 1330. The lowest BCUT2D eigenvalue weighted by molar-refractivity contribution is -0.137. The van der Waals surface area contributed by atoms with E-state index >= 15 is 0 Å². The van der Waals surface area contributed by atoms with Crippen molar-refractivity contribution in [3.8, 4) is 5.75 Å². The normalized spacial score (nSPS) is 18.0. The highest BCUT2D eigenvalue weighted by atomic mass is 79.9. The van der Waals surface area contributed by atoms with Gasteiger partial charge < -0.3 is 14.7 Å². The molecule has 3 aliphatic rings. The van der Waals surface area contributed by atoms with Gasteiger partial charge in [-0.3, -0.25) is 14.4 Å². The number of benzene rings is 2. The molecule has 2 aromatic rings. The molecule has 38 heavy (non-hydrogen) atoms. The number of carbonyl (C=O) groups excluding carboxylic acids is 2. The van der Waals surface area contributed by atoms with Crippen molar-refractivity contribution < 1.29 is 24.2 Å². The Kier molecular flexibility index (Phi) is 8.12. The van der Waals surface area contributed by atoms with Crippen LogP contribution in [0.15, 0.2) is 67.9 Å². The maximum atomic E-state index is 13.4. The number of hydrogen-bond donors (Lipinski definition) is 1. The summed E-state index contributed by atoms with van der Waals surface area (Å²) in [5, 5.41) is 9.99. The standard InChI is InChI=1S/C29H26Br2ClNO5/c30-18-13-17(14-19(31)29(18)38-15-16-5-1-2-6-20(16)32)26-27-21(7-3-9-23(27)34)33(12-11-25(36)37)22-8-4-10-24(35)28(22)26/h1-2,5-6,13-14,26H,3-4,7-12,15H2,(H,36,37). The van der Waals surface area contributed by atoms with Crippen LogP contribution in [-0.4, -0.2) is 34.1 Å². The summed E-state index contributed by atoms with van der Waals surface area (Å²) in [6.07, 6.45) is 3.57. The second kappa shape index (κ2) is 11.4. The lowest BCUT2D eigenvalue weighted by Gasteiger charge is -2.44. The highest BCUT2D eigenvalue weighted by Gasteiger charge is 2.43. The average Bonchev–Trinajstić information content (AvgIpc) is 2.87. The van der Waals surface area contributed by atoms with Crippen LogP contribution in [0, 0.1) is 0 Å². The molecule has 6 nitrogen and oxygen atoms in total. The van der Waals surface area contributed by atoms with Crippen LogP contribution in [0.2, 0.25) is 5.02 Å². The molecule has 0 amide bonds. The van der Waals surface area contributed by atoms with Crippen molar-refractivity contribution in [2.45, 2.75) is 57.5 Å². The molecule has 5 rings (SSSR count). The minimum atomic E-state index is -0.902. The average molecular weight is 664 g/mol. The molecule has 1 aliphatic heterocycles. The number of carboxylic acid groups (broad SMARTS) is 1. The Morgan fingerprint density at radius 1 is 0.974 bits per heavy atom. The number of ether oxygens (including phenoxy) is 1. The van der Waals surface area contributed by atoms with E-state index in [1.54, 1.807) is 0 Å². The molecule has 0 radical (unpaired) electrons. The fraction of sp³-hybridized carbons (Fsp3) is 0.345. The molecule has 2 aromatic carbocycles. The predicted molar refractivity (Wildman–Crippen MR) is 151 cm³/mol. The second-order valence-electron chi connectivity index (χ2n) is 9.70. The molecule has 0 aromatic heterocycles. The van der Waals surface area contributed by atoms with E-state index in [0.717, 1.165) is 22.5 Å². The monoisotopic (exact) mass is 661 g/mol. The first kappa shape index (κ1) is 27.2. The number of halogens is 3. The number of Topliss-reactive ketones (excluding diaryl/α,β-unsaturated/α-hetero) is 2. The molecule has 0 saturated carbocycles. The van der Waals surface area contributed by atoms with Gasteiger partial charge in [-0.05, 0) is 81.3 Å². The van der Waals surface area contributed by atoms with Crippen LogP contribution in [0.5, 0.6) is 5.75 Å². The molecule has 1 heterocycles. The van der Waals surface area contributed by atoms with Crippen molar-refractivity contribution in [3.05, 3.63) is 84.0 Å². The highest BCUT2D eigenvalue weighted by molar-refractivity contribution is 9.11. The van der Waals surface area contributed by atoms with Gasteiger partial charge in [-0.15, -0.1) is 0 Å². The van der Waals surface area contributed by atoms with Gasteiger partial charge in [0.15, 0.2) is 11.6 Å². The van der Waals surface area contributed by atoms with Crippen LogP contribution < -0.4 is 4.74 Å². The summed E-state index contributed by atoms with van der Waals surface area (Å²) in [5.74, 6) is -0.755. The third kappa shape index (κ3) is 5.23. The fourth-order valence-electron chi connectivity index (χ4n) is 5.68. The SMILES string of the molecule is O=C(O)CCN1C2=C(C(=O)CCC2)C(c2cc(Br)c(OCc3ccccc3Cl)c(Br)c2)C2=C1CCCC2=O. The van der Waals surface area contributed by atoms with Gasteiger partial charge >= 0.3 is 5.97 Å². The van der Waals surface area contributed by atoms with Crippen molar-refractivity contribution in [1.29, 1.82) is 0 Å². The molecule has 0 atom stereocenters. The summed E-state index contributed by atoms with van der Waals surface area (Å²) >= 11 is 13.6. The van der Waals surface area contributed by atoms with E-state index in [0.29, 0.717) is 69.4 Å². The minimum absolute atomic E-state index is 0.0211. The molecule has 0 spiro atoms. The van der Waals surface area contributed by atoms with Crippen LogP contribution in [-0.2, 0) is 21.0 Å². The largest absolute Gasteiger partial charge is 0.486 e. The summed E-state index contributed by atoms with van der Waals surface area (Å²) in [6.45, 7) is 0.530. The summed E-state index contributed by atoms with van der Waals surface area (Å²) < 4.78 is 7.49. The fourth-order valence-corrected chi connectivity index (χ4v) is 7.32. The molecule has 0 fully saturated rings. The topological polar surface area (TPSA) is 83.9 Å². The smallest absolute Gasteiger partial charge is 0.305 e. The number of hydrogen-bond acceptors (Lipinski definition) is 5. The van der Waals surface area contributed by atoms with Crippen LogP contribution in [0.3, 0.4) is 0 Å². The van der Waals surface area contributed by atoms with E-state index in [4.69, 9.17) is 16.3 Å². The first-order valence-electron chi connectivity index (χ1n) is 12.6. The quantitative estimate of drug-likeness (QED) is 0.334. The highest BCUT2D eigenvalue weighted by Crippen LogP contribution is 2.50. The summed E-state index contributed by atoms with van der Waals surface area (Å²) in [4.78, 5) is 40.2. The Hall–Kier alpha value is -2.42. The van der Waals surface area contributed by atoms with Crippen LogP contribution in [0.25, 0.3) is 0 Å². The van der Waals surface area contributed by atoms with Gasteiger partial charge in [0.1, 0.15) is 12.4 Å². The number of aliphatic carboxylic acids is 1. The third-order valence-electron chi connectivity index (χ3n) is 7.32. The van der Waals surface area contributed by atoms with Crippen LogP contribution in [0.1, 0.15) is 62.0 Å². The van der Waals surface area contributed by atoms with Gasteiger partial charge in [0.25, 0.3) is 0 Å². The molecule has 2 aliphatic carbocycles. The number of allylic oxidation sites excluding steroid dienone is 4. The van der Waals surface area contributed by atoms with E-state index < -0.39 is 11.9 Å². The molecule has 0 saturated heterocycles. The van der Waals surface area contributed by atoms with Crippen LogP contribution >= 0.6 is 43.5 Å². The minimum Gasteiger partial charge on any atom is -0.486 e. The Morgan fingerprint density at radius 2 is 1.55 bits per heavy atom. The van der Waals surface area contributed by atoms with Crippen molar-refractivity contribution in [2.75, 3.05) is 6.54 Å². The summed E-state index contributed by atoms with van der Waals surface area (Å²) in [7, 11) is 0. The third-order valence-corrected chi connectivity index (χ3v) is 8.87. The number of rotatable bonds is 7. The second-order valence-corrected chi connectivity index (χ2v) is 11.8. The van der Waals surface area contributed by atoms with E-state index in [1.165, 1.54) is 0 Å². The van der Waals surface area contributed by atoms with Crippen molar-refractivity contribution >= 4 is 61.0 Å². The molecule has 9 heteroatoms. The van der Waals surface area contributed by atoms with Gasteiger partial charge in [0.2, 0.25) is 0 Å². The van der Waals surface area contributed by atoms with Gasteiger partial charge in [-0.25, -0.2) is 0 Å². The number of carboxylic acids is 1. The van der Waals surface area contributed by atoms with Crippen LogP contribution in [0.4, 0.5) is 0 Å². The number of ketones is 2. The summed E-state index contributed by atoms with van der Waals surface area (Å²) in [5.41, 5.74) is 4.66. The number of carbonyl (C=O) groups is 3. The van der Waals surface area contributed by atoms with E-state index in [2.05, 4.69) is 31.9 Å². The first-order chi connectivity index (χ1) is 18.3.